The smallest absolute Gasteiger partial charge is 0.0639 e. The molecule has 0 amide bonds. The van der Waals surface area contributed by atoms with Gasteiger partial charge in [0.1, 0.15) is 0 Å². The first-order chi connectivity index (χ1) is 4.43. The van der Waals surface area contributed by atoms with Crippen LogP contribution in [-0.4, -0.2) is 25.8 Å². The van der Waals surface area contributed by atoms with Crippen LogP contribution in [0, 0.1) is 0 Å². The highest BCUT2D eigenvalue weighted by Gasteiger charge is 2.11. The Kier molecular flexibility index (Phi) is 2.74. The Labute approximate surface area is 55.9 Å². The zero-order valence-corrected chi connectivity index (χ0v) is 5.55. The summed E-state index contributed by atoms with van der Waals surface area (Å²) in [5.74, 6) is 0. The predicted octanol–water partition coefficient (Wildman–Crippen LogP) is 0.566. The standard InChI is InChI=1S/C7H12NO/c1-2-3-7-6-9-5-4-8-7/h2,7H,1,3-6H2. The average molecular weight is 126 g/mol. The normalized spacial score (nSPS) is 27.8. The maximum atomic E-state index is 5.19. The zero-order chi connectivity index (χ0) is 6.53. The first-order valence-electron chi connectivity index (χ1n) is 3.28. The number of hydrogen-bond donors (Lipinski definition) is 0. The average Bonchev–Trinajstić information content (AvgIpc) is 1.91. The Bertz CT molecular complexity index is 86.9. The van der Waals surface area contributed by atoms with Crippen molar-refractivity contribution < 1.29 is 4.74 Å². The number of ether oxygens (including phenoxy) is 1. The van der Waals surface area contributed by atoms with Crippen molar-refractivity contribution in [3.63, 3.8) is 0 Å². The van der Waals surface area contributed by atoms with Crippen molar-refractivity contribution in [3.05, 3.63) is 12.7 Å². The molecule has 0 aromatic carbocycles. The Hall–Kier alpha value is -0.340. The molecule has 0 spiro atoms. The van der Waals surface area contributed by atoms with Crippen molar-refractivity contribution in [2.24, 2.45) is 0 Å². The molecule has 1 saturated heterocycles. The van der Waals surface area contributed by atoms with E-state index in [0.717, 1.165) is 26.2 Å². The fraction of sp³-hybridized carbons (Fsp3) is 0.714. The molecule has 1 heterocycles. The maximum Gasteiger partial charge on any atom is 0.0639 e. The van der Waals surface area contributed by atoms with E-state index in [1.807, 2.05) is 6.08 Å². The van der Waals surface area contributed by atoms with E-state index in [1.165, 1.54) is 0 Å². The van der Waals surface area contributed by atoms with Crippen molar-refractivity contribution in [2.75, 3.05) is 19.8 Å². The first-order valence-corrected chi connectivity index (χ1v) is 3.28. The van der Waals surface area contributed by atoms with Gasteiger partial charge >= 0.3 is 0 Å². The Morgan fingerprint density at radius 3 is 3.22 bits per heavy atom. The molecule has 9 heavy (non-hydrogen) atoms. The number of rotatable bonds is 2. The van der Waals surface area contributed by atoms with Crippen molar-refractivity contribution in [1.82, 2.24) is 5.32 Å². The zero-order valence-electron chi connectivity index (χ0n) is 5.55. The molecule has 1 atom stereocenters. The van der Waals surface area contributed by atoms with Crippen molar-refractivity contribution in [3.8, 4) is 0 Å². The summed E-state index contributed by atoms with van der Waals surface area (Å²) in [5, 5.41) is 4.32. The maximum absolute atomic E-state index is 5.19. The first kappa shape index (κ1) is 6.78. The molecule has 1 unspecified atom stereocenters. The second kappa shape index (κ2) is 3.64. The lowest BCUT2D eigenvalue weighted by Gasteiger charge is -2.20. The summed E-state index contributed by atoms with van der Waals surface area (Å²) in [4.78, 5) is 0. The Morgan fingerprint density at radius 2 is 2.67 bits per heavy atom. The second-order valence-corrected chi connectivity index (χ2v) is 2.16. The van der Waals surface area contributed by atoms with Crippen LogP contribution >= 0.6 is 0 Å². The summed E-state index contributed by atoms with van der Waals surface area (Å²) in [7, 11) is 0. The van der Waals surface area contributed by atoms with Crippen LogP contribution < -0.4 is 5.32 Å². The molecule has 51 valence electrons. The number of nitrogens with zero attached hydrogens (tertiary/aromatic N) is 1. The highest BCUT2D eigenvalue weighted by atomic mass is 16.5. The van der Waals surface area contributed by atoms with Crippen LogP contribution in [0.25, 0.3) is 0 Å². The van der Waals surface area contributed by atoms with Gasteiger partial charge in [-0.25, -0.2) is 5.32 Å². The molecule has 1 fully saturated rings. The number of hydrogen-bond acceptors (Lipinski definition) is 1. The van der Waals surface area contributed by atoms with E-state index in [0.29, 0.717) is 6.04 Å². The Morgan fingerprint density at radius 1 is 1.78 bits per heavy atom. The molecular formula is C7H12NO. The fourth-order valence-corrected chi connectivity index (χ4v) is 0.907. The molecule has 0 aliphatic carbocycles. The largest absolute Gasteiger partial charge is 0.378 e. The van der Waals surface area contributed by atoms with E-state index in [1.54, 1.807) is 0 Å². The lowest BCUT2D eigenvalue weighted by atomic mass is 10.2. The summed E-state index contributed by atoms with van der Waals surface area (Å²) < 4.78 is 5.19. The topological polar surface area (TPSA) is 23.3 Å². The quantitative estimate of drug-likeness (QED) is 0.496. The van der Waals surface area contributed by atoms with Crippen LogP contribution in [0.1, 0.15) is 6.42 Å². The second-order valence-electron chi connectivity index (χ2n) is 2.16. The van der Waals surface area contributed by atoms with Gasteiger partial charge in [0.05, 0.1) is 19.3 Å². The molecule has 0 bridgehead atoms. The SMILES string of the molecule is C=CCC1COCC[N]1. The highest BCUT2D eigenvalue weighted by molar-refractivity contribution is 4.79. The summed E-state index contributed by atoms with van der Waals surface area (Å²) in [6, 6.07) is 0.385. The molecule has 1 rings (SSSR count). The van der Waals surface area contributed by atoms with Crippen LogP contribution in [0.15, 0.2) is 12.7 Å². The highest BCUT2D eigenvalue weighted by Crippen LogP contribution is 1.99. The van der Waals surface area contributed by atoms with Crippen molar-refractivity contribution in [1.29, 1.82) is 0 Å². The minimum Gasteiger partial charge on any atom is -0.378 e. The van der Waals surface area contributed by atoms with Gasteiger partial charge in [-0.15, -0.1) is 6.58 Å². The van der Waals surface area contributed by atoms with Crippen molar-refractivity contribution >= 4 is 0 Å². The molecule has 0 aromatic heterocycles. The molecule has 0 saturated carbocycles. The molecule has 0 N–H and O–H groups in total. The van der Waals surface area contributed by atoms with Gasteiger partial charge < -0.3 is 4.74 Å². The molecule has 1 aliphatic rings. The summed E-state index contributed by atoms with van der Waals surface area (Å²) in [5.41, 5.74) is 0. The van der Waals surface area contributed by atoms with Crippen molar-refractivity contribution in [2.45, 2.75) is 12.5 Å². The molecular weight excluding hydrogens is 114 g/mol. The Balaban J connectivity index is 2.15. The van der Waals surface area contributed by atoms with Crippen LogP contribution in [0.2, 0.25) is 0 Å². The van der Waals surface area contributed by atoms with Crippen LogP contribution in [0.3, 0.4) is 0 Å². The van der Waals surface area contributed by atoms with Crippen LogP contribution in [0.5, 0.6) is 0 Å². The summed E-state index contributed by atoms with van der Waals surface area (Å²) >= 11 is 0. The predicted molar refractivity (Wildman–Crippen MR) is 36.4 cm³/mol. The third-order valence-electron chi connectivity index (χ3n) is 1.37. The molecule has 1 aliphatic heterocycles. The third kappa shape index (κ3) is 2.16. The van der Waals surface area contributed by atoms with Gasteiger partial charge in [-0.1, -0.05) is 6.08 Å². The summed E-state index contributed by atoms with van der Waals surface area (Å²) in [6.45, 7) is 6.08. The van der Waals surface area contributed by atoms with E-state index >= 15 is 0 Å². The van der Waals surface area contributed by atoms with Crippen LogP contribution in [-0.2, 0) is 4.74 Å². The van der Waals surface area contributed by atoms with Gasteiger partial charge in [0, 0.05) is 6.54 Å². The van der Waals surface area contributed by atoms with E-state index < -0.39 is 0 Å². The molecule has 0 aromatic rings. The van der Waals surface area contributed by atoms with E-state index in [2.05, 4.69) is 11.9 Å². The van der Waals surface area contributed by atoms with E-state index in [4.69, 9.17) is 4.74 Å². The molecule has 1 radical (unpaired) electrons. The van der Waals surface area contributed by atoms with Gasteiger partial charge in [-0.2, -0.15) is 0 Å². The summed E-state index contributed by atoms with van der Waals surface area (Å²) in [6.07, 6.45) is 2.85. The van der Waals surface area contributed by atoms with Gasteiger partial charge in [0.25, 0.3) is 0 Å². The van der Waals surface area contributed by atoms with Crippen LogP contribution in [0.4, 0.5) is 0 Å². The van der Waals surface area contributed by atoms with E-state index in [9.17, 15) is 0 Å². The van der Waals surface area contributed by atoms with E-state index in [-0.39, 0.29) is 0 Å². The molecule has 2 nitrogen and oxygen atoms in total. The lowest BCUT2D eigenvalue weighted by Crippen LogP contribution is -2.35. The monoisotopic (exact) mass is 126 g/mol. The fourth-order valence-electron chi connectivity index (χ4n) is 0.907. The third-order valence-corrected chi connectivity index (χ3v) is 1.37. The van der Waals surface area contributed by atoms with Gasteiger partial charge in [0.15, 0.2) is 0 Å². The molecule has 2 heteroatoms. The lowest BCUT2D eigenvalue weighted by molar-refractivity contribution is 0.0755. The van der Waals surface area contributed by atoms with Gasteiger partial charge in [-0.05, 0) is 6.42 Å². The number of morpholine rings is 1. The minimum atomic E-state index is 0.385. The van der Waals surface area contributed by atoms with Gasteiger partial charge in [-0.3, -0.25) is 0 Å². The van der Waals surface area contributed by atoms with Gasteiger partial charge in [0.2, 0.25) is 0 Å². The minimum absolute atomic E-state index is 0.385.